The van der Waals surface area contributed by atoms with Gasteiger partial charge < -0.3 is 20.1 Å². The average Bonchev–Trinajstić information content (AvgIpc) is 3.13. The molecule has 0 unspecified atom stereocenters. The van der Waals surface area contributed by atoms with Gasteiger partial charge >= 0.3 is 6.09 Å². The molecule has 1 aromatic carbocycles. The number of likely N-dealkylation sites (tertiary alicyclic amines) is 1. The first kappa shape index (κ1) is 18.7. The predicted octanol–water partition coefficient (Wildman–Crippen LogP) is 2.89. The molecule has 4 rings (SSSR count). The van der Waals surface area contributed by atoms with Gasteiger partial charge in [0.15, 0.2) is 5.65 Å². The Bertz CT molecular complexity index is 1060. The van der Waals surface area contributed by atoms with E-state index < -0.39 is 6.09 Å². The van der Waals surface area contributed by atoms with Crippen molar-refractivity contribution in [2.75, 3.05) is 18.4 Å². The molecule has 3 heterocycles. The molecule has 1 aliphatic rings. The molecule has 1 aliphatic heterocycles. The van der Waals surface area contributed by atoms with E-state index in [1.807, 2.05) is 4.68 Å². The Morgan fingerprint density at radius 1 is 1.24 bits per heavy atom. The maximum atomic E-state index is 11.2. The number of ether oxygens (including phenoxy) is 1. The summed E-state index contributed by atoms with van der Waals surface area (Å²) in [5, 5.41) is 17.0. The van der Waals surface area contributed by atoms with E-state index in [2.05, 4.69) is 20.4 Å². The second-order valence-electron chi connectivity index (χ2n) is 6.82. The summed E-state index contributed by atoms with van der Waals surface area (Å²) in [6.45, 7) is 2.37. The minimum Gasteiger partial charge on any atom is -0.465 e. The molecule has 2 amide bonds. The Balaban J connectivity index is 1.57. The van der Waals surface area contributed by atoms with Crippen LogP contribution in [0.4, 0.5) is 10.5 Å². The molecule has 1 saturated heterocycles. The lowest BCUT2D eigenvalue weighted by Crippen LogP contribution is -2.38. The van der Waals surface area contributed by atoms with Gasteiger partial charge in [0.2, 0.25) is 11.8 Å². The Kier molecular flexibility index (Phi) is 4.98. The number of anilines is 1. The number of benzene rings is 1. The van der Waals surface area contributed by atoms with E-state index in [1.54, 1.807) is 30.5 Å². The van der Waals surface area contributed by atoms with Crippen molar-refractivity contribution in [1.82, 2.24) is 24.6 Å². The summed E-state index contributed by atoms with van der Waals surface area (Å²) in [7, 11) is 0. The van der Waals surface area contributed by atoms with Crippen LogP contribution in [0.1, 0.15) is 25.8 Å². The predicted molar refractivity (Wildman–Crippen MR) is 104 cm³/mol. The van der Waals surface area contributed by atoms with E-state index in [1.165, 1.54) is 18.2 Å². The number of nitrogens with one attached hydrogen (secondary N) is 1. The molecular formula is C19H20N6O4. The third-order valence-corrected chi connectivity index (χ3v) is 4.80. The number of carbonyl (C=O) groups is 2. The van der Waals surface area contributed by atoms with E-state index in [9.17, 15) is 9.59 Å². The Labute approximate surface area is 166 Å². The van der Waals surface area contributed by atoms with E-state index in [-0.39, 0.29) is 11.9 Å². The summed E-state index contributed by atoms with van der Waals surface area (Å²) in [6, 6.07) is 7.09. The van der Waals surface area contributed by atoms with Crippen LogP contribution < -0.4 is 10.1 Å². The van der Waals surface area contributed by atoms with Crippen LogP contribution in [0.5, 0.6) is 11.6 Å². The number of hydrogen-bond acceptors (Lipinski definition) is 6. The van der Waals surface area contributed by atoms with Crippen LogP contribution in [0.25, 0.3) is 11.0 Å². The molecule has 3 aromatic rings. The number of amides is 2. The minimum atomic E-state index is -0.895. The largest absolute Gasteiger partial charge is 0.465 e. The number of carbonyl (C=O) groups excluding carboxylic acids is 1. The molecule has 150 valence electrons. The van der Waals surface area contributed by atoms with Gasteiger partial charge in [-0.25, -0.2) is 19.4 Å². The van der Waals surface area contributed by atoms with Crippen molar-refractivity contribution in [3.8, 4) is 11.6 Å². The summed E-state index contributed by atoms with van der Waals surface area (Å²) in [6.07, 6.45) is 3.52. The molecule has 10 nitrogen and oxygen atoms in total. The van der Waals surface area contributed by atoms with Crippen molar-refractivity contribution in [2.45, 2.75) is 25.8 Å². The van der Waals surface area contributed by atoms with Crippen LogP contribution in [-0.4, -0.2) is 54.8 Å². The van der Waals surface area contributed by atoms with Crippen LogP contribution in [0.2, 0.25) is 0 Å². The van der Waals surface area contributed by atoms with Crippen molar-refractivity contribution in [2.24, 2.45) is 0 Å². The highest BCUT2D eigenvalue weighted by Gasteiger charge is 2.26. The summed E-state index contributed by atoms with van der Waals surface area (Å²) in [5.41, 5.74) is 1.27. The second kappa shape index (κ2) is 7.74. The monoisotopic (exact) mass is 396 g/mol. The zero-order chi connectivity index (χ0) is 20.4. The van der Waals surface area contributed by atoms with Gasteiger partial charge in [0.05, 0.1) is 12.2 Å². The standard InChI is InChI=1S/C19H20N6O4/c1-12(26)23-13-3-2-4-15(9-13)29-18-16-10-22-25(17(16)20-11-21-18)14-5-7-24(8-6-14)19(27)28/h2-4,9-11,14H,5-8H2,1H3,(H,23,26)(H,27,28). The van der Waals surface area contributed by atoms with E-state index >= 15 is 0 Å². The van der Waals surface area contributed by atoms with Gasteiger partial charge in [-0.15, -0.1) is 0 Å². The maximum Gasteiger partial charge on any atom is 0.407 e. The van der Waals surface area contributed by atoms with Gasteiger partial charge in [-0.2, -0.15) is 5.10 Å². The lowest BCUT2D eigenvalue weighted by molar-refractivity contribution is -0.114. The second-order valence-corrected chi connectivity index (χ2v) is 6.82. The highest BCUT2D eigenvalue weighted by atomic mass is 16.5. The molecule has 1 fully saturated rings. The van der Waals surface area contributed by atoms with Crippen LogP contribution in [-0.2, 0) is 4.79 Å². The quantitative estimate of drug-likeness (QED) is 0.695. The lowest BCUT2D eigenvalue weighted by Gasteiger charge is -2.30. The lowest BCUT2D eigenvalue weighted by atomic mass is 10.1. The number of aromatic nitrogens is 4. The molecule has 0 aliphatic carbocycles. The first-order valence-electron chi connectivity index (χ1n) is 9.23. The summed E-state index contributed by atoms with van der Waals surface area (Å²) in [5.74, 6) is 0.727. The topological polar surface area (TPSA) is 122 Å². The molecule has 10 heteroatoms. The number of piperidine rings is 1. The third-order valence-electron chi connectivity index (χ3n) is 4.80. The Morgan fingerprint density at radius 3 is 2.76 bits per heavy atom. The average molecular weight is 396 g/mol. The first-order chi connectivity index (χ1) is 14.0. The highest BCUT2D eigenvalue weighted by Crippen LogP contribution is 2.31. The fourth-order valence-corrected chi connectivity index (χ4v) is 3.44. The number of carboxylic acid groups (broad SMARTS) is 1. The van der Waals surface area contributed by atoms with Crippen LogP contribution in [0.15, 0.2) is 36.8 Å². The van der Waals surface area contributed by atoms with Crippen LogP contribution in [0, 0.1) is 0 Å². The number of nitrogens with zero attached hydrogens (tertiary/aromatic N) is 5. The highest BCUT2D eigenvalue weighted by molar-refractivity contribution is 5.88. The number of hydrogen-bond donors (Lipinski definition) is 2. The van der Waals surface area contributed by atoms with Crippen LogP contribution >= 0.6 is 0 Å². The van der Waals surface area contributed by atoms with E-state index in [4.69, 9.17) is 9.84 Å². The molecule has 0 radical (unpaired) electrons. The van der Waals surface area contributed by atoms with Crippen molar-refractivity contribution in [3.63, 3.8) is 0 Å². The molecule has 29 heavy (non-hydrogen) atoms. The van der Waals surface area contributed by atoms with Gasteiger partial charge in [0, 0.05) is 31.8 Å². The van der Waals surface area contributed by atoms with E-state index in [0.717, 1.165) is 0 Å². The third kappa shape index (κ3) is 3.96. The fraction of sp³-hybridized carbons (Fsp3) is 0.316. The van der Waals surface area contributed by atoms with Crippen molar-refractivity contribution >= 4 is 28.7 Å². The molecule has 0 atom stereocenters. The normalized spacial score (nSPS) is 14.7. The van der Waals surface area contributed by atoms with Crippen molar-refractivity contribution < 1.29 is 19.4 Å². The van der Waals surface area contributed by atoms with Gasteiger partial charge in [0.25, 0.3) is 0 Å². The Morgan fingerprint density at radius 2 is 2.03 bits per heavy atom. The molecule has 0 bridgehead atoms. The molecule has 2 aromatic heterocycles. The summed E-state index contributed by atoms with van der Waals surface area (Å²) < 4.78 is 7.74. The molecule has 0 spiro atoms. The zero-order valence-electron chi connectivity index (χ0n) is 15.8. The fourth-order valence-electron chi connectivity index (χ4n) is 3.44. The van der Waals surface area contributed by atoms with Crippen molar-refractivity contribution in [1.29, 1.82) is 0 Å². The van der Waals surface area contributed by atoms with Crippen LogP contribution in [0.3, 0.4) is 0 Å². The van der Waals surface area contributed by atoms with Gasteiger partial charge in [-0.3, -0.25) is 4.79 Å². The molecule has 0 saturated carbocycles. The SMILES string of the molecule is CC(=O)Nc1cccc(Oc2ncnc3c2cnn3C2CCN(C(=O)O)CC2)c1. The van der Waals surface area contributed by atoms with Gasteiger partial charge in [-0.1, -0.05) is 6.07 Å². The number of fused-ring (bicyclic) bond motifs is 1. The molecular weight excluding hydrogens is 376 g/mol. The summed E-state index contributed by atoms with van der Waals surface area (Å²) >= 11 is 0. The minimum absolute atomic E-state index is 0.0638. The maximum absolute atomic E-state index is 11.2. The van der Waals surface area contributed by atoms with E-state index in [0.29, 0.717) is 54.3 Å². The van der Waals surface area contributed by atoms with Gasteiger partial charge in [0.1, 0.15) is 17.5 Å². The first-order valence-corrected chi connectivity index (χ1v) is 9.23. The zero-order valence-corrected chi connectivity index (χ0v) is 15.8. The number of rotatable bonds is 4. The Hall–Kier alpha value is -3.69. The summed E-state index contributed by atoms with van der Waals surface area (Å²) in [4.78, 5) is 32.3. The van der Waals surface area contributed by atoms with Crippen molar-refractivity contribution in [3.05, 3.63) is 36.8 Å². The van der Waals surface area contributed by atoms with Gasteiger partial charge in [-0.05, 0) is 25.0 Å². The smallest absolute Gasteiger partial charge is 0.407 e. The molecule has 2 N–H and O–H groups in total.